The van der Waals surface area contributed by atoms with E-state index < -0.39 is 0 Å². The molecule has 1 aromatic heterocycles. The van der Waals surface area contributed by atoms with Crippen LogP contribution in [0.5, 0.6) is 0 Å². The van der Waals surface area contributed by atoms with Crippen molar-refractivity contribution in [2.75, 3.05) is 20.1 Å². The number of rotatable bonds is 2. The van der Waals surface area contributed by atoms with Crippen molar-refractivity contribution < 1.29 is 9.21 Å². The van der Waals surface area contributed by atoms with Crippen LogP contribution in [0.3, 0.4) is 0 Å². The molecule has 1 fully saturated rings. The Hall–Kier alpha value is -1.45. The molecule has 0 saturated carbocycles. The second-order valence-corrected chi connectivity index (χ2v) is 4.94. The lowest BCUT2D eigenvalue weighted by molar-refractivity contribution is 0.141. The van der Waals surface area contributed by atoms with Gasteiger partial charge in [0.15, 0.2) is 0 Å². The van der Waals surface area contributed by atoms with Crippen LogP contribution in [0.2, 0.25) is 0 Å². The molecule has 0 aromatic carbocycles. The number of urea groups is 1. The highest BCUT2D eigenvalue weighted by molar-refractivity contribution is 5.74. The van der Waals surface area contributed by atoms with E-state index in [4.69, 9.17) is 4.42 Å². The van der Waals surface area contributed by atoms with E-state index >= 15 is 0 Å². The monoisotopic (exact) mass is 236 g/mol. The lowest BCUT2D eigenvalue weighted by atomic mass is 10.00. The summed E-state index contributed by atoms with van der Waals surface area (Å²) < 4.78 is 5.00. The summed E-state index contributed by atoms with van der Waals surface area (Å²) in [5.41, 5.74) is 1.03. The minimum Gasteiger partial charge on any atom is -0.472 e. The third kappa shape index (κ3) is 3.02. The van der Waals surface area contributed by atoms with Crippen molar-refractivity contribution in [3.8, 4) is 0 Å². The van der Waals surface area contributed by atoms with Crippen molar-refractivity contribution in [1.29, 1.82) is 0 Å². The Labute approximate surface area is 102 Å². The van der Waals surface area contributed by atoms with Gasteiger partial charge in [0.1, 0.15) is 0 Å². The van der Waals surface area contributed by atoms with Crippen molar-refractivity contribution in [1.82, 2.24) is 9.80 Å². The molecule has 0 N–H and O–H groups in total. The number of nitrogens with zero attached hydrogens (tertiary/aromatic N) is 2. The smallest absolute Gasteiger partial charge is 0.320 e. The van der Waals surface area contributed by atoms with Crippen LogP contribution in [-0.2, 0) is 6.54 Å². The highest BCUT2D eigenvalue weighted by Crippen LogP contribution is 2.17. The number of piperidine rings is 1. The zero-order chi connectivity index (χ0) is 12.3. The van der Waals surface area contributed by atoms with Crippen molar-refractivity contribution in [3.63, 3.8) is 0 Å². The van der Waals surface area contributed by atoms with Gasteiger partial charge in [0.05, 0.1) is 19.1 Å². The minimum atomic E-state index is 0.123. The molecule has 0 bridgehead atoms. The molecule has 2 amide bonds. The van der Waals surface area contributed by atoms with Crippen molar-refractivity contribution in [3.05, 3.63) is 24.2 Å². The summed E-state index contributed by atoms with van der Waals surface area (Å²) in [5, 5.41) is 0. The Kier molecular flexibility index (Phi) is 3.71. The second-order valence-electron chi connectivity index (χ2n) is 4.94. The molecule has 1 aromatic rings. The van der Waals surface area contributed by atoms with Gasteiger partial charge in [0, 0.05) is 25.7 Å². The molecule has 94 valence electrons. The maximum Gasteiger partial charge on any atom is 0.320 e. The highest BCUT2D eigenvalue weighted by atomic mass is 16.3. The molecule has 4 nitrogen and oxygen atoms in total. The first-order chi connectivity index (χ1) is 8.16. The molecular weight excluding hydrogens is 216 g/mol. The van der Waals surface area contributed by atoms with E-state index in [0.29, 0.717) is 6.54 Å². The third-order valence-electron chi connectivity index (χ3n) is 3.38. The van der Waals surface area contributed by atoms with Crippen LogP contribution < -0.4 is 0 Å². The van der Waals surface area contributed by atoms with E-state index in [1.54, 1.807) is 17.4 Å². The third-order valence-corrected chi connectivity index (χ3v) is 3.38. The average molecular weight is 236 g/mol. The molecule has 0 atom stereocenters. The first-order valence-electron chi connectivity index (χ1n) is 6.18. The maximum absolute atomic E-state index is 12.2. The molecule has 17 heavy (non-hydrogen) atoms. The normalized spacial score (nSPS) is 17.2. The maximum atomic E-state index is 12.2. The van der Waals surface area contributed by atoms with E-state index in [0.717, 1.165) is 37.4 Å². The molecule has 0 spiro atoms. The Bertz CT molecular complexity index is 354. The quantitative estimate of drug-likeness (QED) is 0.791. The lowest BCUT2D eigenvalue weighted by Gasteiger charge is -2.33. The van der Waals surface area contributed by atoms with Crippen LogP contribution in [0.15, 0.2) is 23.0 Å². The number of furan rings is 1. The summed E-state index contributed by atoms with van der Waals surface area (Å²) in [6.45, 7) is 4.63. The molecule has 4 heteroatoms. The Morgan fingerprint density at radius 1 is 1.53 bits per heavy atom. The predicted octanol–water partition coefficient (Wildman–Crippen LogP) is 2.56. The van der Waals surface area contributed by atoms with Crippen LogP contribution in [0, 0.1) is 5.92 Å². The Balaban J connectivity index is 1.86. The zero-order valence-electron chi connectivity index (χ0n) is 10.6. The van der Waals surface area contributed by atoms with Gasteiger partial charge in [-0.1, -0.05) is 6.92 Å². The van der Waals surface area contributed by atoms with E-state index in [2.05, 4.69) is 6.92 Å². The standard InChI is InChI=1S/C13H20N2O2/c1-11-3-6-15(7-4-11)13(16)14(2)9-12-5-8-17-10-12/h5,8,10-11H,3-4,6-7,9H2,1-2H3. The van der Waals surface area contributed by atoms with Gasteiger partial charge in [-0.3, -0.25) is 0 Å². The number of hydrogen-bond donors (Lipinski definition) is 0. The van der Waals surface area contributed by atoms with Gasteiger partial charge in [-0.25, -0.2) is 4.79 Å². The van der Waals surface area contributed by atoms with Crippen LogP contribution in [0.25, 0.3) is 0 Å². The van der Waals surface area contributed by atoms with E-state index in [1.165, 1.54) is 0 Å². The fourth-order valence-electron chi connectivity index (χ4n) is 2.17. The van der Waals surface area contributed by atoms with Gasteiger partial charge in [0.2, 0.25) is 0 Å². The largest absolute Gasteiger partial charge is 0.472 e. The summed E-state index contributed by atoms with van der Waals surface area (Å²) in [6.07, 6.45) is 5.55. The number of likely N-dealkylation sites (tertiary alicyclic amines) is 1. The topological polar surface area (TPSA) is 36.7 Å². The zero-order valence-corrected chi connectivity index (χ0v) is 10.6. The van der Waals surface area contributed by atoms with Crippen molar-refractivity contribution >= 4 is 6.03 Å². The van der Waals surface area contributed by atoms with Crippen molar-refractivity contribution in [2.45, 2.75) is 26.3 Å². The van der Waals surface area contributed by atoms with Crippen LogP contribution in [0.4, 0.5) is 4.79 Å². The summed E-state index contributed by atoms with van der Waals surface area (Å²) >= 11 is 0. The minimum absolute atomic E-state index is 0.123. The van der Waals surface area contributed by atoms with Crippen LogP contribution >= 0.6 is 0 Å². The summed E-state index contributed by atoms with van der Waals surface area (Å²) in [6, 6.07) is 2.01. The molecule has 2 rings (SSSR count). The molecule has 0 radical (unpaired) electrons. The van der Waals surface area contributed by atoms with Crippen molar-refractivity contribution in [2.24, 2.45) is 5.92 Å². The molecule has 1 aliphatic rings. The molecule has 1 saturated heterocycles. The SMILES string of the molecule is CC1CCN(C(=O)N(C)Cc2ccoc2)CC1. The highest BCUT2D eigenvalue weighted by Gasteiger charge is 2.22. The molecule has 0 unspecified atom stereocenters. The molecular formula is C13H20N2O2. The van der Waals surface area contributed by atoms with E-state index in [-0.39, 0.29) is 6.03 Å². The van der Waals surface area contributed by atoms with Gasteiger partial charge in [-0.15, -0.1) is 0 Å². The van der Waals surface area contributed by atoms with Crippen LogP contribution in [-0.4, -0.2) is 36.0 Å². The Morgan fingerprint density at radius 3 is 2.82 bits per heavy atom. The van der Waals surface area contributed by atoms with Gasteiger partial charge in [-0.2, -0.15) is 0 Å². The number of hydrogen-bond acceptors (Lipinski definition) is 2. The Morgan fingerprint density at radius 2 is 2.24 bits per heavy atom. The summed E-state index contributed by atoms with van der Waals surface area (Å²) in [5.74, 6) is 0.748. The number of carbonyl (C=O) groups is 1. The van der Waals surface area contributed by atoms with Gasteiger partial charge >= 0.3 is 6.03 Å². The van der Waals surface area contributed by atoms with Gasteiger partial charge in [-0.05, 0) is 24.8 Å². The first-order valence-corrected chi connectivity index (χ1v) is 6.18. The van der Waals surface area contributed by atoms with Crippen LogP contribution in [0.1, 0.15) is 25.3 Å². The fourth-order valence-corrected chi connectivity index (χ4v) is 2.17. The van der Waals surface area contributed by atoms with Gasteiger partial charge in [0.25, 0.3) is 0 Å². The summed E-state index contributed by atoms with van der Waals surface area (Å²) in [4.78, 5) is 15.8. The first kappa shape index (κ1) is 12.0. The van der Waals surface area contributed by atoms with E-state index in [1.807, 2.05) is 18.0 Å². The number of carbonyl (C=O) groups excluding carboxylic acids is 1. The van der Waals surface area contributed by atoms with Gasteiger partial charge < -0.3 is 14.2 Å². The fraction of sp³-hybridized carbons (Fsp3) is 0.615. The predicted molar refractivity (Wildman–Crippen MR) is 65.5 cm³/mol. The van der Waals surface area contributed by atoms with E-state index in [9.17, 15) is 4.79 Å². The lowest BCUT2D eigenvalue weighted by Crippen LogP contribution is -2.44. The second kappa shape index (κ2) is 5.25. The summed E-state index contributed by atoms with van der Waals surface area (Å²) in [7, 11) is 1.84. The average Bonchev–Trinajstić information content (AvgIpc) is 2.82. The number of amides is 2. The molecule has 2 heterocycles. The molecule has 1 aliphatic heterocycles. The molecule has 0 aliphatic carbocycles.